The van der Waals surface area contributed by atoms with Crippen LogP contribution in [-0.2, 0) is 10.6 Å². The molecule has 0 bridgehead atoms. The molecule has 100 valence electrons. The van der Waals surface area contributed by atoms with Crippen molar-refractivity contribution in [1.29, 1.82) is 0 Å². The number of ether oxygens (including phenoxy) is 2. The fourth-order valence-electron chi connectivity index (χ4n) is 1.16. The van der Waals surface area contributed by atoms with Crippen molar-refractivity contribution >= 4 is 40.2 Å². The maximum atomic E-state index is 12.2. The van der Waals surface area contributed by atoms with Gasteiger partial charge < -0.3 is 9.47 Å². The first-order chi connectivity index (χ1) is 8.28. The lowest BCUT2D eigenvalue weighted by Gasteiger charge is -2.14. The van der Waals surface area contributed by atoms with E-state index in [0.29, 0.717) is 0 Å². The summed E-state index contributed by atoms with van der Waals surface area (Å²) in [5.74, 6) is -1.91. The molecule has 0 radical (unpaired) electrons. The summed E-state index contributed by atoms with van der Waals surface area (Å²) in [4.78, 5) is 15.3. The number of alkyl halides is 4. The summed E-state index contributed by atoms with van der Waals surface area (Å²) < 4.78 is 45.1. The number of halogens is 5. The summed E-state index contributed by atoms with van der Waals surface area (Å²) in [6, 6.07) is 0.982. The van der Waals surface area contributed by atoms with E-state index in [4.69, 9.17) is 11.6 Å². The summed E-state index contributed by atoms with van der Waals surface area (Å²) in [6.45, 7) is 0. The van der Waals surface area contributed by atoms with E-state index in [2.05, 4.69) is 14.5 Å². The van der Waals surface area contributed by atoms with Gasteiger partial charge in [0, 0.05) is 6.07 Å². The Morgan fingerprint density at radius 1 is 1.56 bits per heavy atom. The zero-order valence-electron chi connectivity index (χ0n) is 8.85. The molecule has 1 heterocycles. The molecule has 0 spiro atoms. The molecule has 4 nitrogen and oxygen atoms in total. The highest BCUT2D eigenvalue weighted by molar-refractivity contribution is 14.1. The zero-order valence-corrected chi connectivity index (χ0v) is 11.8. The van der Waals surface area contributed by atoms with E-state index in [1.165, 1.54) is 0 Å². The largest absolute Gasteiger partial charge is 0.573 e. The van der Waals surface area contributed by atoms with Crippen molar-refractivity contribution in [2.45, 2.75) is 12.2 Å². The first kappa shape index (κ1) is 15.3. The molecule has 18 heavy (non-hydrogen) atoms. The molecule has 0 atom stereocenters. The third-order valence-electron chi connectivity index (χ3n) is 1.77. The summed E-state index contributed by atoms with van der Waals surface area (Å²) in [6.07, 6.45) is -4.92. The van der Waals surface area contributed by atoms with Crippen LogP contribution in [0.1, 0.15) is 16.1 Å². The molecular weight excluding hydrogens is 389 g/mol. The van der Waals surface area contributed by atoms with Crippen molar-refractivity contribution < 1.29 is 27.4 Å². The minimum Gasteiger partial charge on any atom is -0.465 e. The fraction of sp³-hybridized carbons (Fsp3) is 0.333. The third-order valence-corrected chi connectivity index (χ3v) is 2.57. The third kappa shape index (κ3) is 3.87. The number of carbonyl (C=O) groups excluding carboxylic acids is 1. The quantitative estimate of drug-likeness (QED) is 0.342. The molecule has 0 aromatic carbocycles. The van der Waals surface area contributed by atoms with E-state index < -0.39 is 23.6 Å². The smallest absolute Gasteiger partial charge is 0.465 e. The van der Waals surface area contributed by atoms with Crippen LogP contribution in [0.2, 0.25) is 0 Å². The van der Waals surface area contributed by atoms with Crippen LogP contribution in [-0.4, -0.2) is 24.4 Å². The standard InChI is InChI=1S/C9H6ClF3INO3/c1-17-8(16)7-4(3-10)15-6(14)2-5(7)18-9(11,12)13/h2H,3H2,1H3. The molecule has 0 saturated carbocycles. The van der Waals surface area contributed by atoms with Crippen LogP contribution >= 0.6 is 34.2 Å². The molecular formula is C9H6ClF3INO3. The molecule has 0 aliphatic rings. The Bertz CT molecular complexity index is 467. The second-order valence-electron chi connectivity index (χ2n) is 2.94. The van der Waals surface area contributed by atoms with Gasteiger partial charge in [-0.05, 0) is 22.6 Å². The van der Waals surface area contributed by atoms with Gasteiger partial charge >= 0.3 is 12.3 Å². The number of nitrogens with zero attached hydrogens (tertiary/aromatic N) is 1. The van der Waals surface area contributed by atoms with E-state index in [-0.39, 0.29) is 15.3 Å². The maximum absolute atomic E-state index is 12.2. The van der Waals surface area contributed by atoms with Gasteiger partial charge in [-0.25, -0.2) is 9.78 Å². The van der Waals surface area contributed by atoms with E-state index in [1.54, 1.807) is 22.6 Å². The lowest BCUT2D eigenvalue weighted by Crippen LogP contribution is -2.21. The molecule has 1 aromatic rings. The molecule has 0 fully saturated rings. The number of esters is 1. The molecule has 0 saturated heterocycles. The monoisotopic (exact) mass is 395 g/mol. The predicted octanol–water partition coefficient (Wildman–Crippen LogP) is 3.11. The summed E-state index contributed by atoms with van der Waals surface area (Å²) in [5, 5.41) is 0. The normalized spacial score (nSPS) is 11.2. The van der Waals surface area contributed by atoms with Crippen molar-refractivity contribution in [3.8, 4) is 5.75 Å². The highest BCUT2D eigenvalue weighted by atomic mass is 127. The van der Waals surface area contributed by atoms with Crippen LogP contribution in [0.25, 0.3) is 0 Å². The van der Waals surface area contributed by atoms with Gasteiger partial charge in [-0.2, -0.15) is 0 Å². The lowest BCUT2D eigenvalue weighted by molar-refractivity contribution is -0.274. The van der Waals surface area contributed by atoms with E-state index in [0.717, 1.165) is 13.2 Å². The Hall–Kier alpha value is -0.770. The highest BCUT2D eigenvalue weighted by Gasteiger charge is 2.34. The van der Waals surface area contributed by atoms with Crippen LogP contribution in [0, 0.1) is 3.70 Å². The molecule has 1 rings (SSSR count). The summed E-state index contributed by atoms with van der Waals surface area (Å²) in [7, 11) is 1.04. The van der Waals surface area contributed by atoms with Gasteiger partial charge in [0.1, 0.15) is 15.0 Å². The average Bonchev–Trinajstić information content (AvgIpc) is 2.25. The SMILES string of the molecule is COC(=O)c1c(OC(F)(F)F)cc(I)nc1CCl. The van der Waals surface area contributed by atoms with Crippen molar-refractivity contribution in [2.75, 3.05) is 7.11 Å². The van der Waals surface area contributed by atoms with Gasteiger partial charge in [0.25, 0.3) is 0 Å². The Kier molecular flexibility index (Phi) is 5.02. The second-order valence-corrected chi connectivity index (χ2v) is 4.31. The van der Waals surface area contributed by atoms with Gasteiger partial charge in [-0.15, -0.1) is 24.8 Å². The zero-order chi connectivity index (χ0) is 13.9. The van der Waals surface area contributed by atoms with E-state index in [1.807, 2.05) is 0 Å². The molecule has 0 unspecified atom stereocenters. The van der Waals surface area contributed by atoms with Crippen molar-refractivity contribution in [2.24, 2.45) is 0 Å². The average molecular weight is 396 g/mol. The number of pyridine rings is 1. The molecule has 0 amide bonds. The van der Waals surface area contributed by atoms with Crippen molar-refractivity contribution in [3.63, 3.8) is 0 Å². The molecule has 0 aliphatic heterocycles. The maximum Gasteiger partial charge on any atom is 0.573 e. The summed E-state index contributed by atoms with van der Waals surface area (Å²) in [5.41, 5.74) is -0.458. The predicted molar refractivity (Wildman–Crippen MR) is 64.5 cm³/mol. The number of rotatable bonds is 3. The van der Waals surface area contributed by atoms with Crippen LogP contribution < -0.4 is 4.74 Å². The van der Waals surface area contributed by atoms with Crippen LogP contribution in [0.15, 0.2) is 6.07 Å². The molecule has 1 aromatic heterocycles. The van der Waals surface area contributed by atoms with Crippen LogP contribution in [0.4, 0.5) is 13.2 Å². The van der Waals surface area contributed by atoms with E-state index in [9.17, 15) is 18.0 Å². The minimum absolute atomic E-state index is 0.0327. The second kappa shape index (κ2) is 5.91. The Morgan fingerprint density at radius 3 is 2.61 bits per heavy atom. The molecule has 0 N–H and O–H groups in total. The fourth-order valence-corrected chi connectivity index (χ4v) is 1.93. The van der Waals surface area contributed by atoms with Crippen molar-refractivity contribution in [3.05, 3.63) is 21.0 Å². The number of hydrogen-bond acceptors (Lipinski definition) is 4. The van der Waals surface area contributed by atoms with E-state index >= 15 is 0 Å². The number of aromatic nitrogens is 1. The van der Waals surface area contributed by atoms with Gasteiger partial charge in [-0.3, -0.25) is 0 Å². The summed E-state index contributed by atoms with van der Waals surface area (Å²) >= 11 is 7.23. The van der Waals surface area contributed by atoms with Crippen molar-refractivity contribution in [1.82, 2.24) is 4.98 Å². The first-order valence-corrected chi connectivity index (χ1v) is 5.99. The topological polar surface area (TPSA) is 48.4 Å². The number of carbonyl (C=O) groups is 1. The van der Waals surface area contributed by atoms with Gasteiger partial charge in [-0.1, -0.05) is 0 Å². The molecule has 0 aliphatic carbocycles. The number of hydrogen-bond donors (Lipinski definition) is 0. The highest BCUT2D eigenvalue weighted by Crippen LogP contribution is 2.30. The van der Waals surface area contributed by atoms with Crippen LogP contribution in [0.5, 0.6) is 5.75 Å². The van der Waals surface area contributed by atoms with Gasteiger partial charge in [0.05, 0.1) is 18.7 Å². The Morgan fingerprint density at radius 2 is 2.17 bits per heavy atom. The minimum atomic E-state index is -4.92. The first-order valence-electron chi connectivity index (χ1n) is 4.38. The molecule has 9 heteroatoms. The number of methoxy groups -OCH3 is 1. The van der Waals surface area contributed by atoms with Gasteiger partial charge in [0.2, 0.25) is 0 Å². The van der Waals surface area contributed by atoms with Crippen LogP contribution in [0.3, 0.4) is 0 Å². The van der Waals surface area contributed by atoms with Gasteiger partial charge in [0.15, 0.2) is 0 Å². The Balaban J connectivity index is 3.37. The lowest BCUT2D eigenvalue weighted by atomic mass is 10.2. The Labute approximate surface area is 119 Å².